The molecule has 0 atom stereocenters. The summed E-state index contributed by atoms with van der Waals surface area (Å²) in [5, 5.41) is 11.9. The largest absolute Gasteiger partial charge is 0.477 e. The fraction of sp³-hybridized carbons (Fsp3) is 0.294. The minimum Gasteiger partial charge on any atom is -0.477 e. The van der Waals surface area contributed by atoms with Gasteiger partial charge in [0.05, 0.1) is 17.7 Å². The number of thiazole rings is 1. The van der Waals surface area contributed by atoms with Crippen LogP contribution in [0.5, 0.6) is 0 Å². The molecule has 3 aromatic rings. The Hall–Kier alpha value is -2.83. The van der Waals surface area contributed by atoms with Gasteiger partial charge in [-0.25, -0.2) is 27.9 Å². The van der Waals surface area contributed by atoms with Crippen molar-refractivity contribution in [1.29, 1.82) is 0 Å². The molecule has 10 nitrogen and oxygen atoms in total. The molecule has 1 aliphatic heterocycles. The van der Waals surface area contributed by atoms with E-state index in [1.54, 1.807) is 24.6 Å². The van der Waals surface area contributed by atoms with Crippen LogP contribution in [0.25, 0.3) is 16.2 Å². The van der Waals surface area contributed by atoms with Crippen molar-refractivity contribution < 1.29 is 18.3 Å². The number of sulfonamides is 1. The van der Waals surface area contributed by atoms with E-state index >= 15 is 0 Å². The van der Waals surface area contributed by atoms with Gasteiger partial charge in [0.25, 0.3) is 0 Å². The lowest BCUT2D eigenvalue weighted by Gasteiger charge is -2.40. The fourth-order valence-corrected chi connectivity index (χ4v) is 4.69. The van der Waals surface area contributed by atoms with Crippen LogP contribution >= 0.6 is 11.3 Å². The van der Waals surface area contributed by atoms with E-state index in [1.165, 1.54) is 22.1 Å². The molecule has 0 aromatic carbocycles. The average molecular weight is 435 g/mol. The van der Waals surface area contributed by atoms with E-state index < -0.39 is 21.4 Å². The lowest BCUT2D eigenvalue weighted by molar-refractivity contribution is 0.0695. The van der Waals surface area contributed by atoms with Crippen molar-refractivity contribution in [3.63, 3.8) is 0 Å². The zero-order chi connectivity index (χ0) is 20.9. The molecular weight excluding hydrogens is 418 g/mol. The number of rotatable bonds is 5. The standard InChI is InChI=1S/C17H17N5O5S2/c1-9-5-12(21-6-10(7-21)20-29(2,26)27)19-15-13(9)14(23)11(16(24)25)8-22(15)17-18-3-4-28-17/h3-5,8,10,20H,6-7H2,1-2H3,(H,24,25). The summed E-state index contributed by atoms with van der Waals surface area (Å²) >= 11 is 1.29. The van der Waals surface area contributed by atoms with Crippen LogP contribution in [0.1, 0.15) is 15.9 Å². The quantitative estimate of drug-likeness (QED) is 0.595. The molecule has 0 amide bonds. The molecule has 29 heavy (non-hydrogen) atoms. The number of carboxylic acids is 1. The Labute approximate surface area is 169 Å². The van der Waals surface area contributed by atoms with Crippen molar-refractivity contribution in [2.45, 2.75) is 13.0 Å². The Bertz CT molecular complexity index is 1280. The zero-order valence-electron chi connectivity index (χ0n) is 15.5. The Morgan fingerprint density at radius 3 is 2.69 bits per heavy atom. The topological polar surface area (TPSA) is 134 Å². The first-order valence-corrected chi connectivity index (χ1v) is 11.3. The number of hydrogen-bond donors (Lipinski definition) is 2. The summed E-state index contributed by atoms with van der Waals surface area (Å²) < 4.78 is 26.8. The highest BCUT2D eigenvalue weighted by Gasteiger charge is 2.31. The minimum atomic E-state index is -3.29. The molecule has 3 aromatic heterocycles. The lowest BCUT2D eigenvalue weighted by Crippen LogP contribution is -2.59. The summed E-state index contributed by atoms with van der Waals surface area (Å²) in [6, 6.07) is 1.50. The summed E-state index contributed by atoms with van der Waals surface area (Å²) in [6.07, 6.45) is 3.94. The first-order valence-electron chi connectivity index (χ1n) is 8.56. The molecule has 4 heterocycles. The maximum absolute atomic E-state index is 12.7. The number of anilines is 1. The van der Waals surface area contributed by atoms with Crippen molar-refractivity contribution in [2.24, 2.45) is 0 Å². The van der Waals surface area contributed by atoms with E-state index in [0.29, 0.717) is 35.2 Å². The summed E-state index contributed by atoms with van der Waals surface area (Å²) in [4.78, 5) is 35.0. The summed E-state index contributed by atoms with van der Waals surface area (Å²) in [6.45, 7) is 2.61. The molecule has 2 N–H and O–H groups in total. The normalized spacial score (nSPS) is 14.9. The van der Waals surface area contributed by atoms with Gasteiger partial charge in [0.15, 0.2) is 10.8 Å². The van der Waals surface area contributed by atoms with Crippen molar-refractivity contribution in [3.8, 4) is 5.13 Å². The number of carboxylic acid groups (broad SMARTS) is 1. The third-order valence-corrected chi connectivity index (χ3v) is 6.12. The molecule has 12 heteroatoms. The van der Waals surface area contributed by atoms with E-state index in [0.717, 1.165) is 6.26 Å². The highest BCUT2D eigenvalue weighted by molar-refractivity contribution is 7.88. The van der Waals surface area contributed by atoms with E-state index in [2.05, 4.69) is 14.7 Å². The predicted molar refractivity (Wildman–Crippen MR) is 109 cm³/mol. The second-order valence-electron chi connectivity index (χ2n) is 6.85. The Morgan fingerprint density at radius 1 is 1.38 bits per heavy atom. The highest BCUT2D eigenvalue weighted by atomic mass is 32.2. The first kappa shape index (κ1) is 19.5. The van der Waals surface area contributed by atoms with E-state index in [-0.39, 0.29) is 17.0 Å². The van der Waals surface area contributed by atoms with Crippen LogP contribution in [0.15, 0.2) is 28.6 Å². The average Bonchev–Trinajstić information content (AvgIpc) is 3.10. The molecule has 0 radical (unpaired) electrons. The molecule has 0 saturated carbocycles. The molecule has 0 unspecified atom stereocenters. The number of aromatic carboxylic acids is 1. The molecule has 4 rings (SSSR count). The van der Waals surface area contributed by atoms with Crippen LogP contribution in [0.3, 0.4) is 0 Å². The Kier molecular flexibility index (Phi) is 4.63. The number of fused-ring (bicyclic) bond motifs is 1. The van der Waals surface area contributed by atoms with Gasteiger partial charge in [-0.15, -0.1) is 11.3 Å². The summed E-state index contributed by atoms with van der Waals surface area (Å²) in [5.74, 6) is -0.738. The molecule has 0 spiro atoms. The predicted octanol–water partition coefficient (Wildman–Crippen LogP) is 0.587. The van der Waals surface area contributed by atoms with Crippen LogP contribution in [0.2, 0.25) is 0 Å². The van der Waals surface area contributed by atoms with Gasteiger partial charge in [0.2, 0.25) is 15.5 Å². The summed E-state index contributed by atoms with van der Waals surface area (Å²) in [7, 11) is -3.29. The van der Waals surface area contributed by atoms with Gasteiger partial charge in [0, 0.05) is 30.9 Å². The third-order valence-electron chi connectivity index (χ3n) is 4.58. The van der Waals surface area contributed by atoms with Crippen LogP contribution in [0, 0.1) is 6.92 Å². The van der Waals surface area contributed by atoms with Gasteiger partial charge in [-0.2, -0.15) is 0 Å². The molecule has 1 saturated heterocycles. The zero-order valence-corrected chi connectivity index (χ0v) is 17.1. The second-order valence-corrected chi connectivity index (χ2v) is 9.50. The Morgan fingerprint density at radius 2 is 2.10 bits per heavy atom. The van der Waals surface area contributed by atoms with Crippen LogP contribution in [0.4, 0.5) is 5.82 Å². The Balaban J connectivity index is 1.83. The van der Waals surface area contributed by atoms with Gasteiger partial charge in [-0.05, 0) is 18.6 Å². The molecule has 1 aliphatic rings. The SMILES string of the molecule is Cc1cc(N2CC(NS(C)(=O)=O)C2)nc2c1c(=O)c(C(=O)O)cn2-c1nccs1. The second kappa shape index (κ2) is 6.90. The molecular formula is C17H17N5O5S2. The maximum Gasteiger partial charge on any atom is 0.341 e. The van der Waals surface area contributed by atoms with Crippen molar-refractivity contribution in [1.82, 2.24) is 19.3 Å². The van der Waals surface area contributed by atoms with E-state index in [9.17, 15) is 23.1 Å². The summed E-state index contributed by atoms with van der Waals surface area (Å²) in [5.41, 5.74) is -0.0591. The highest BCUT2D eigenvalue weighted by Crippen LogP contribution is 2.26. The molecule has 152 valence electrons. The van der Waals surface area contributed by atoms with Gasteiger partial charge < -0.3 is 10.0 Å². The molecule has 0 aliphatic carbocycles. The minimum absolute atomic E-state index is 0.210. The van der Waals surface area contributed by atoms with E-state index in [1.807, 2.05) is 4.90 Å². The first-order chi connectivity index (χ1) is 13.6. The van der Waals surface area contributed by atoms with Gasteiger partial charge in [-0.3, -0.25) is 9.36 Å². The van der Waals surface area contributed by atoms with Crippen molar-refractivity contribution in [3.05, 3.63) is 45.2 Å². The van der Waals surface area contributed by atoms with Crippen LogP contribution in [-0.4, -0.2) is 59.4 Å². The monoisotopic (exact) mass is 435 g/mol. The number of pyridine rings is 2. The molecule has 0 bridgehead atoms. The number of carbonyl (C=O) groups is 1. The van der Waals surface area contributed by atoms with Crippen LogP contribution in [-0.2, 0) is 10.0 Å². The maximum atomic E-state index is 12.7. The van der Waals surface area contributed by atoms with E-state index in [4.69, 9.17) is 0 Å². The van der Waals surface area contributed by atoms with Crippen LogP contribution < -0.4 is 15.1 Å². The smallest absolute Gasteiger partial charge is 0.341 e. The third kappa shape index (κ3) is 3.61. The lowest BCUT2D eigenvalue weighted by atomic mass is 10.1. The number of aryl methyl sites for hydroxylation is 1. The molecule has 1 fully saturated rings. The number of nitrogens with one attached hydrogen (secondary N) is 1. The number of hydrogen-bond acceptors (Lipinski definition) is 8. The van der Waals surface area contributed by atoms with Gasteiger partial charge in [0.1, 0.15) is 11.4 Å². The fourth-order valence-electron chi connectivity index (χ4n) is 3.32. The van der Waals surface area contributed by atoms with Crippen molar-refractivity contribution in [2.75, 3.05) is 24.2 Å². The van der Waals surface area contributed by atoms with Crippen molar-refractivity contribution >= 4 is 44.2 Å². The number of aromatic nitrogens is 3. The van der Waals surface area contributed by atoms with Gasteiger partial charge >= 0.3 is 5.97 Å². The van der Waals surface area contributed by atoms with Gasteiger partial charge in [-0.1, -0.05) is 0 Å². The number of nitrogens with zero attached hydrogens (tertiary/aromatic N) is 4.